The fourth-order valence-corrected chi connectivity index (χ4v) is 1.17. The molecule has 0 saturated heterocycles. The Morgan fingerprint density at radius 1 is 1.00 bits per heavy atom. The molecule has 0 spiro atoms. The van der Waals surface area contributed by atoms with Crippen molar-refractivity contribution < 1.29 is 0 Å². The van der Waals surface area contributed by atoms with Gasteiger partial charge in [0, 0.05) is 14.1 Å². The number of aromatic nitrogens is 4. The molecule has 0 bridgehead atoms. The van der Waals surface area contributed by atoms with E-state index in [1.165, 1.54) is 0 Å². The summed E-state index contributed by atoms with van der Waals surface area (Å²) in [6, 6.07) is 9.73. The molecule has 0 aliphatic rings. The van der Waals surface area contributed by atoms with Crippen LogP contribution in [0.15, 0.2) is 35.3 Å². The van der Waals surface area contributed by atoms with E-state index in [1.54, 1.807) is 9.36 Å². The van der Waals surface area contributed by atoms with Gasteiger partial charge in [0.25, 0.3) is 0 Å². The third kappa shape index (κ3) is 1.56. The van der Waals surface area contributed by atoms with Crippen molar-refractivity contribution in [1.82, 2.24) is 19.8 Å². The van der Waals surface area contributed by atoms with E-state index in [9.17, 15) is 0 Å². The van der Waals surface area contributed by atoms with Crippen molar-refractivity contribution in [2.45, 2.75) is 0 Å². The fourth-order valence-electron chi connectivity index (χ4n) is 1.17. The molecule has 0 aliphatic carbocycles. The molecule has 2 rings (SSSR count). The van der Waals surface area contributed by atoms with Gasteiger partial charge in [-0.1, -0.05) is 18.2 Å². The van der Waals surface area contributed by atoms with Crippen LogP contribution in [0.2, 0.25) is 0 Å². The summed E-state index contributed by atoms with van der Waals surface area (Å²) >= 11 is 0. The molecule has 0 N–H and O–H groups in total. The molecule has 5 heteroatoms. The number of tetrazole rings is 1. The highest BCUT2D eigenvalue weighted by Gasteiger charge is 1.95. The van der Waals surface area contributed by atoms with Gasteiger partial charge in [0.05, 0.1) is 5.69 Å². The van der Waals surface area contributed by atoms with Gasteiger partial charge in [-0.15, -0.1) is 0 Å². The van der Waals surface area contributed by atoms with E-state index < -0.39 is 0 Å². The maximum absolute atomic E-state index is 4.40. The van der Waals surface area contributed by atoms with Crippen molar-refractivity contribution in [2.24, 2.45) is 19.1 Å². The normalized spacial score (nSPS) is 10.1. The predicted octanol–water partition coefficient (Wildman–Crippen LogP) is 0.386. The summed E-state index contributed by atoms with van der Waals surface area (Å²) in [5, 5.41) is 7.70. The lowest BCUT2D eigenvalue weighted by atomic mass is 10.3. The van der Waals surface area contributed by atoms with Crippen molar-refractivity contribution in [3.8, 4) is 0 Å². The molecule has 14 heavy (non-hydrogen) atoms. The Kier molecular flexibility index (Phi) is 2.14. The van der Waals surface area contributed by atoms with Gasteiger partial charge < -0.3 is 0 Å². The van der Waals surface area contributed by atoms with E-state index in [0.717, 1.165) is 11.3 Å². The molecule has 0 fully saturated rings. The van der Waals surface area contributed by atoms with Crippen LogP contribution in [-0.4, -0.2) is 19.8 Å². The van der Waals surface area contributed by atoms with Gasteiger partial charge in [-0.3, -0.25) is 0 Å². The number of para-hydroxylation sites is 1. The molecule has 0 amide bonds. The number of rotatable bonds is 1. The van der Waals surface area contributed by atoms with Crippen molar-refractivity contribution in [1.29, 1.82) is 0 Å². The van der Waals surface area contributed by atoms with Crippen LogP contribution in [0.4, 0.5) is 5.69 Å². The molecule has 0 unspecified atom stereocenters. The van der Waals surface area contributed by atoms with Gasteiger partial charge in [-0.05, 0) is 22.6 Å². The third-order valence-corrected chi connectivity index (χ3v) is 1.87. The van der Waals surface area contributed by atoms with Gasteiger partial charge in [0.2, 0.25) is 5.62 Å². The molecule has 0 saturated carbocycles. The SMILES string of the molecule is Cn1nnn(C)c1=Nc1ccccc1. The molecule has 1 aromatic carbocycles. The number of nitrogens with zero attached hydrogens (tertiary/aromatic N) is 5. The second-order valence-electron chi connectivity index (χ2n) is 2.97. The van der Waals surface area contributed by atoms with E-state index in [1.807, 2.05) is 44.4 Å². The largest absolute Gasteiger partial charge is 0.245 e. The number of benzene rings is 1. The molecule has 0 radical (unpaired) electrons. The van der Waals surface area contributed by atoms with E-state index >= 15 is 0 Å². The quantitative estimate of drug-likeness (QED) is 0.651. The second-order valence-corrected chi connectivity index (χ2v) is 2.97. The van der Waals surface area contributed by atoms with Crippen LogP contribution in [0.25, 0.3) is 0 Å². The van der Waals surface area contributed by atoms with E-state index in [-0.39, 0.29) is 0 Å². The van der Waals surface area contributed by atoms with Gasteiger partial charge in [-0.2, -0.15) is 0 Å². The first-order valence-electron chi connectivity index (χ1n) is 4.30. The molecular weight excluding hydrogens is 178 g/mol. The summed E-state index contributed by atoms with van der Waals surface area (Å²) < 4.78 is 3.26. The van der Waals surface area contributed by atoms with Gasteiger partial charge in [0.15, 0.2) is 0 Å². The lowest BCUT2D eigenvalue weighted by Crippen LogP contribution is -2.22. The van der Waals surface area contributed by atoms with Crippen molar-refractivity contribution in [3.05, 3.63) is 36.0 Å². The minimum Gasteiger partial charge on any atom is -0.215 e. The highest BCUT2D eigenvalue weighted by molar-refractivity contribution is 5.35. The Hall–Kier alpha value is -1.91. The minimum atomic E-state index is 0.719. The topological polar surface area (TPSA) is 48.0 Å². The highest BCUT2D eigenvalue weighted by atomic mass is 15.6. The van der Waals surface area contributed by atoms with Crippen LogP contribution >= 0.6 is 0 Å². The van der Waals surface area contributed by atoms with Crippen molar-refractivity contribution in [3.63, 3.8) is 0 Å². The second kappa shape index (κ2) is 3.45. The van der Waals surface area contributed by atoms with Crippen LogP contribution in [-0.2, 0) is 14.1 Å². The lowest BCUT2D eigenvalue weighted by Gasteiger charge is -1.92. The minimum absolute atomic E-state index is 0.719. The average molecular weight is 189 g/mol. The maximum Gasteiger partial charge on any atom is 0.245 e. The standard InChI is InChI=1S/C9H11N5/c1-13-9(14(2)12-11-13)10-8-6-4-3-5-7-8/h3-7H,1-2H3. The molecular formula is C9H11N5. The summed E-state index contributed by atoms with van der Waals surface area (Å²) in [5.74, 6) is 0. The Bertz CT molecular complexity index is 457. The van der Waals surface area contributed by atoms with Gasteiger partial charge in [-0.25, -0.2) is 14.4 Å². The molecule has 5 nitrogen and oxygen atoms in total. The average Bonchev–Trinajstić information content (AvgIpc) is 2.51. The molecule has 1 heterocycles. The van der Waals surface area contributed by atoms with Crippen LogP contribution in [0.1, 0.15) is 0 Å². The summed E-state index contributed by atoms with van der Waals surface area (Å²) in [4.78, 5) is 4.40. The fraction of sp³-hybridized carbons (Fsp3) is 0.222. The molecule has 1 aromatic heterocycles. The molecule has 0 aliphatic heterocycles. The first kappa shape index (κ1) is 8.68. The Balaban J connectivity index is 2.55. The number of hydrogen-bond acceptors (Lipinski definition) is 3. The first-order valence-corrected chi connectivity index (χ1v) is 4.30. The Labute approximate surface area is 81.3 Å². The Morgan fingerprint density at radius 3 is 2.14 bits per heavy atom. The van der Waals surface area contributed by atoms with Crippen molar-refractivity contribution in [2.75, 3.05) is 0 Å². The zero-order chi connectivity index (χ0) is 9.97. The molecule has 72 valence electrons. The summed E-state index contributed by atoms with van der Waals surface area (Å²) in [6.45, 7) is 0. The van der Waals surface area contributed by atoms with Crippen LogP contribution in [0.3, 0.4) is 0 Å². The zero-order valence-electron chi connectivity index (χ0n) is 8.12. The summed E-state index contributed by atoms with van der Waals surface area (Å²) in [6.07, 6.45) is 0. The Morgan fingerprint density at radius 2 is 1.57 bits per heavy atom. The molecule has 2 aromatic rings. The van der Waals surface area contributed by atoms with Gasteiger partial charge >= 0.3 is 0 Å². The van der Waals surface area contributed by atoms with E-state index in [0.29, 0.717) is 0 Å². The summed E-state index contributed by atoms with van der Waals surface area (Å²) in [7, 11) is 3.63. The highest BCUT2D eigenvalue weighted by Crippen LogP contribution is 2.07. The maximum atomic E-state index is 4.40. The van der Waals surface area contributed by atoms with Gasteiger partial charge in [0.1, 0.15) is 0 Å². The van der Waals surface area contributed by atoms with E-state index in [4.69, 9.17) is 0 Å². The van der Waals surface area contributed by atoms with Crippen molar-refractivity contribution >= 4 is 5.69 Å². The lowest BCUT2D eigenvalue weighted by molar-refractivity contribution is 0.681. The number of hydrogen-bond donors (Lipinski definition) is 0. The first-order chi connectivity index (χ1) is 6.77. The monoisotopic (exact) mass is 189 g/mol. The summed E-state index contributed by atoms with van der Waals surface area (Å²) in [5.41, 5.74) is 1.62. The van der Waals surface area contributed by atoms with Crippen LogP contribution in [0, 0.1) is 0 Å². The van der Waals surface area contributed by atoms with Crippen LogP contribution < -0.4 is 5.62 Å². The zero-order valence-corrected chi connectivity index (χ0v) is 8.12. The molecule has 0 atom stereocenters. The van der Waals surface area contributed by atoms with E-state index in [2.05, 4.69) is 15.4 Å². The number of aryl methyl sites for hydroxylation is 2. The third-order valence-electron chi connectivity index (χ3n) is 1.87. The smallest absolute Gasteiger partial charge is 0.215 e. The predicted molar refractivity (Wildman–Crippen MR) is 51.6 cm³/mol. The van der Waals surface area contributed by atoms with Crippen LogP contribution in [0.5, 0.6) is 0 Å².